The van der Waals surface area contributed by atoms with E-state index in [-0.39, 0.29) is 11.0 Å². The fourth-order valence-electron chi connectivity index (χ4n) is 2.94. The molecule has 0 spiro atoms. The van der Waals surface area contributed by atoms with Gasteiger partial charge in [-0.25, -0.2) is 0 Å². The van der Waals surface area contributed by atoms with Crippen molar-refractivity contribution in [2.45, 2.75) is 45.6 Å². The Morgan fingerprint density at radius 2 is 1.80 bits per heavy atom. The minimum Gasteiger partial charge on any atom is -0.321 e. The summed E-state index contributed by atoms with van der Waals surface area (Å²) in [5.41, 5.74) is 9.42. The van der Waals surface area contributed by atoms with E-state index in [1.165, 1.54) is 24.0 Å². The molecular formula is C14H21N. The summed E-state index contributed by atoms with van der Waals surface area (Å²) in [4.78, 5) is 0. The second kappa shape index (κ2) is 3.34. The highest BCUT2D eigenvalue weighted by Crippen LogP contribution is 2.50. The van der Waals surface area contributed by atoms with Crippen LogP contribution >= 0.6 is 0 Å². The second-order valence-electron chi connectivity index (χ2n) is 5.52. The molecular weight excluding hydrogens is 182 g/mol. The minimum absolute atomic E-state index is 0.127. The SMILES string of the molecule is Cc1ccccc1C1(N)CCCC1(C)C. The molecule has 1 atom stereocenters. The van der Waals surface area contributed by atoms with Crippen LogP contribution in [0.5, 0.6) is 0 Å². The van der Waals surface area contributed by atoms with Crippen LogP contribution in [0.4, 0.5) is 0 Å². The molecule has 1 fully saturated rings. The quantitative estimate of drug-likeness (QED) is 0.744. The first-order chi connectivity index (χ1) is 6.97. The van der Waals surface area contributed by atoms with Gasteiger partial charge < -0.3 is 5.73 Å². The number of aryl methyl sites for hydroxylation is 1. The zero-order valence-corrected chi connectivity index (χ0v) is 10.0. The van der Waals surface area contributed by atoms with Gasteiger partial charge in [0.2, 0.25) is 0 Å². The van der Waals surface area contributed by atoms with Gasteiger partial charge in [0.25, 0.3) is 0 Å². The van der Waals surface area contributed by atoms with Gasteiger partial charge in [0.1, 0.15) is 0 Å². The molecule has 0 bridgehead atoms. The van der Waals surface area contributed by atoms with E-state index in [9.17, 15) is 0 Å². The van der Waals surface area contributed by atoms with Gasteiger partial charge in [-0.3, -0.25) is 0 Å². The van der Waals surface area contributed by atoms with Gasteiger partial charge in [0.15, 0.2) is 0 Å². The van der Waals surface area contributed by atoms with E-state index in [0.717, 1.165) is 6.42 Å². The Morgan fingerprint density at radius 1 is 1.13 bits per heavy atom. The fraction of sp³-hybridized carbons (Fsp3) is 0.571. The third kappa shape index (κ3) is 1.50. The lowest BCUT2D eigenvalue weighted by atomic mass is 9.70. The summed E-state index contributed by atoms with van der Waals surface area (Å²) in [5.74, 6) is 0. The highest BCUT2D eigenvalue weighted by Gasteiger charge is 2.47. The van der Waals surface area contributed by atoms with E-state index in [1.54, 1.807) is 0 Å². The van der Waals surface area contributed by atoms with Crippen molar-refractivity contribution in [3.05, 3.63) is 35.4 Å². The van der Waals surface area contributed by atoms with Gasteiger partial charge in [-0.05, 0) is 36.3 Å². The summed E-state index contributed by atoms with van der Waals surface area (Å²) in [7, 11) is 0. The van der Waals surface area contributed by atoms with Gasteiger partial charge in [-0.1, -0.05) is 44.5 Å². The molecule has 15 heavy (non-hydrogen) atoms. The summed E-state index contributed by atoms with van der Waals surface area (Å²) >= 11 is 0. The van der Waals surface area contributed by atoms with E-state index in [1.807, 2.05) is 0 Å². The normalized spacial score (nSPS) is 29.3. The van der Waals surface area contributed by atoms with Crippen molar-refractivity contribution in [3.63, 3.8) is 0 Å². The third-order valence-electron chi connectivity index (χ3n) is 4.21. The average Bonchev–Trinajstić information content (AvgIpc) is 2.43. The first-order valence-electron chi connectivity index (χ1n) is 5.82. The molecule has 1 nitrogen and oxygen atoms in total. The first-order valence-corrected chi connectivity index (χ1v) is 5.82. The molecule has 1 aliphatic rings. The lowest BCUT2D eigenvalue weighted by molar-refractivity contribution is 0.209. The standard InChI is InChI=1S/C14H21N/c1-11-7-4-5-8-12(11)14(15)10-6-9-13(14,2)3/h4-5,7-8H,6,9-10,15H2,1-3H3. The van der Waals surface area contributed by atoms with Gasteiger partial charge in [-0.15, -0.1) is 0 Å². The molecule has 0 saturated heterocycles. The zero-order valence-electron chi connectivity index (χ0n) is 10.0. The monoisotopic (exact) mass is 203 g/mol. The Kier molecular flexibility index (Phi) is 2.38. The van der Waals surface area contributed by atoms with Crippen LogP contribution in [0.25, 0.3) is 0 Å². The molecule has 0 aliphatic heterocycles. The molecule has 1 aliphatic carbocycles. The smallest absolute Gasteiger partial charge is 0.0463 e. The fourth-order valence-corrected chi connectivity index (χ4v) is 2.94. The summed E-state index contributed by atoms with van der Waals surface area (Å²) < 4.78 is 0. The van der Waals surface area contributed by atoms with E-state index >= 15 is 0 Å². The van der Waals surface area contributed by atoms with E-state index < -0.39 is 0 Å². The molecule has 1 heteroatoms. The Bertz CT molecular complexity index is 367. The van der Waals surface area contributed by atoms with Crippen molar-refractivity contribution in [3.8, 4) is 0 Å². The number of hydrogen-bond donors (Lipinski definition) is 1. The van der Waals surface area contributed by atoms with Gasteiger partial charge in [0.05, 0.1) is 0 Å². The minimum atomic E-state index is -0.127. The maximum Gasteiger partial charge on any atom is 0.0463 e. The van der Waals surface area contributed by atoms with Crippen molar-refractivity contribution in [2.75, 3.05) is 0 Å². The number of nitrogens with two attached hydrogens (primary N) is 1. The highest BCUT2D eigenvalue weighted by atomic mass is 14.8. The first kappa shape index (κ1) is 10.7. The maximum absolute atomic E-state index is 6.66. The van der Waals surface area contributed by atoms with Crippen molar-refractivity contribution in [1.29, 1.82) is 0 Å². The summed E-state index contributed by atoms with van der Waals surface area (Å²) in [6.07, 6.45) is 3.60. The summed E-state index contributed by atoms with van der Waals surface area (Å²) in [5, 5.41) is 0. The lowest BCUT2D eigenvalue weighted by Crippen LogP contribution is -2.46. The summed E-state index contributed by atoms with van der Waals surface area (Å²) in [6.45, 7) is 6.76. The molecule has 0 aromatic heterocycles. The number of rotatable bonds is 1. The van der Waals surface area contributed by atoms with Gasteiger partial charge in [-0.2, -0.15) is 0 Å². The predicted octanol–water partition coefficient (Wildman–Crippen LogP) is 3.36. The number of benzene rings is 1. The van der Waals surface area contributed by atoms with Crippen molar-refractivity contribution in [2.24, 2.45) is 11.1 Å². The summed E-state index contributed by atoms with van der Waals surface area (Å²) in [6, 6.07) is 8.55. The van der Waals surface area contributed by atoms with Crippen LogP contribution in [0.1, 0.15) is 44.2 Å². The molecule has 1 aromatic rings. The van der Waals surface area contributed by atoms with Crippen LogP contribution in [0, 0.1) is 12.3 Å². The molecule has 1 unspecified atom stereocenters. The van der Waals surface area contributed by atoms with E-state index in [4.69, 9.17) is 5.73 Å². The lowest BCUT2D eigenvalue weighted by Gasteiger charge is -2.39. The number of hydrogen-bond acceptors (Lipinski definition) is 1. The Balaban J connectivity index is 2.50. The molecule has 1 saturated carbocycles. The Morgan fingerprint density at radius 3 is 2.33 bits per heavy atom. The van der Waals surface area contributed by atoms with Crippen molar-refractivity contribution >= 4 is 0 Å². The van der Waals surface area contributed by atoms with Crippen LogP contribution in [0.15, 0.2) is 24.3 Å². The second-order valence-corrected chi connectivity index (χ2v) is 5.52. The van der Waals surface area contributed by atoms with E-state index in [2.05, 4.69) is 45.0 Å². The third-order valence-corrected chi connectivity index (χ3v) is 4.21. The van der Waals surface area contributed by atoms with Crippen LogP contribution in [-0.4, -0.2) is 0 Å². The highest BCUT2D eigenvalue weighted by molar-refractivity contribution is 5.35. The molecule has 0 radical (unpaired) electrons. The molecule has 2 N–H and O–H groups in total. The molecule has 0 heterocycles. The molecule has 0 amide bonds. The average molecular weight is 203 g/mol. The van der Waals surface area contributed by atoms with Crippen LogP contribution in [-0.2, 0) is 5.54 Å². The van der Waals surface area contributed by atoms with Gasteiger partial charge in [0, 0.05) is 5.54 Å². The van der Waals surface area contributed by atoms with Crippen LogP contribution in [0.3, 0.4) is 0 Å². The molecule has 1 aromatic carbocycles. The van der Waals surface area contributed by atoms with E-state index in [0.29, 0.717) is 0 Å². The van der Waals surface area contributed by atoms with Gasteiger partial charge >= 0.3 is 0 Å². The maximum atomic E-state index is 6.66. The van der Waals surface area contributed by atoms with Crippen molar-refractivity contribution in [1.82, 2.24) is 0 Å². The molecule has 2 rings (SSSR count). The molecule has 82 valence electrons. The van der Waals surface area contributed by atoms with Crippen LogP contribution in [0.2, 0.25) is 0 Å². The predicted molar refractivity (Wildman–Crippen MR) is 64.7 cm³/mol. The van der Waals surface area contributed by atoms with Crippen LogP contribution < -0.4 is 5.73 Å². The van der Waals surface area contributed by atoms with Crippen molar-refractivity contribution < 1.29 is 0 Å². The topological polar surface area (TPSA) is 26.0 Å². The zero-order chi connectivity index (χ0) is 11.1. The Hall–Kier alpha value is -0.820. The largest absolute Gasteiger partial charge is 0.321 e. The Labute approximate surface area is 92.7 Å².